The molecule has 0 spiro atoms. The molecular formula is C3H7ClO6S2. The molecule has 1 atom stereocenters. The van der Waals surface area contributed by atoms with Gasteiger partial charge in [0.1, 0.15) is 5.25 Å². The second kappa shape index (κ2) is 3.88. The lowest BCUT2D eigenvalue weighted by atomic mass is 10.6. The van der Waals surface area contributed by atoms with E-state index in [-0.39, 0.29) is 0 Å². The van der Waals surface area contributed by atoms with Crippen molar-refractivity contribution < 1.29 is 25.9 Å². The summed E-state index contributed by atoms with van der Waals surface area (Å²) in [5.41, 5.74) is 0. The number of hydrogen-bond acceptors (Lipinski definition) is 4. The van der Waals surface area contributed by atoms with Crippen LogP contribution < -0.4 is 0 Å². The summed E-state index contributed by atoms with van der Waals surface area (Å²) in [7, 11) is -8.96. The molecule has 0 aliphatic heterocycles. The van der Waals surface area contributed by atoms with E-state index >= 15 is 0 Å². The lowest BCUT2D eigenvalue weighted by molar-refractivity contribution is 0.461. The molecule has 0 heterocycles. The van der Waals surface area contributed by atoms with Gasteiger partial charge in [-0.1, -0.05) is 0 Å². The van der Waals surface area contributed by atoms with Crippen LogP contribution in [0.5, 0.6) is 0 Å². The number of halogens is 1. The summed E-state index contributed by atoms with van der Waals surface area (Å²) in [5, 5.41) is -1.69. The van der Waals surface area contributed by atoms with E-state index in [0.717, 1.165) is 0 Å². The number of hydrogen-bond donors (Lipinski definition) is 2. The lowest BCUT2D eigenvalue weighted by Gasteiger charge is -2.06. The summed E-state index contributed by atoms with van der Waals surface area (Å²) < 4.78 is 57.6. The van der Waals surface area contributed by atoms with Crippen LogP contribution in [0.3, 0.4) is 0 Å². The third kappa shape index (κ3) is 4.88. The zero-order valence-corrected chi connectivity index (χ0v) is 8.10. The maximum absolute atomic E-state index is 10.3. The van der Waals surface area contributed by atoms with Gasteiger partial charge < -0.3 is 0 Å². The predicted molar refractivity (Wildman–Crippen MR) is 42.5 cm³/mol. The van der Waals surface area contributed by atoms with Gasteiger partial charge in [0.2, 0.25) is 0 Å². The largest absolute Gasteiger partial charge is 0.286 e. The Bertz CT molecular complexity index is 328. The van der Waals surface area contributed by atoms with E-state index in [1.165, 1.54) is 0 Å². The minimum atomic E-state index is -4.52. The molecule has 1 unspecified atom stereocenters. The highest BCUT2D eigenvalue weighted by Gasteiger charge is 2.27. The van der Waals surface area contributed by atoms with Crippen molar-refractivity contribution in [2.75, 3.05) is 11.6 Å². The van der Waals surface area contributed by atoms with E-state index in [1.807, 2.05) is 0 Å². The molecule has 12 heavy (non-hydrogen) atoms. The second-order valence-corrected chi connectivity index (χ2v) is 5.54. The third-order valence-corrected chi connectivity index (χ3v) is 3.76. The van der Waals surface area contributed by atoms with Gasteiger partial charge in [0, 0.05) is 5.88 Å². The predicted octanol–water partition coefficient (Wildman–Crippen LogP) is -0.631. The lowest BCUT2D eigenvalue weighted by Crippen LogP contribution is -2.30. The third-order valence-electron chi connectivity index (χ3n) is 0.990. The molecule has 0 radical (unpaired) electrons. The average Bonchev–Trinajstić information content (AvgIpc) is 1.78. The van der Waals surface area contributed by atoms with Crippen LogP contribution in [0.4, 0.5) is 0 Å². The molecule has 0 aromatic heterocycles. The van der Waals surface area contributed by atoms with Crippen molar-refractivity contribution in [1.29, 1.82) is 0 Å². The molecule has 74 valence electrons. The number of alkyl halides is 1. The molecule has 0 aliphatic carbocycles. The Kier molecular flexibility index (Phi) is 3.91. The quantitative estimate of drug-likeness (QED) is 0.499. The highest BCUT2D eigenvalue weighted by atomic mass is 35.5. The van der Waals surface area contributed by atoms with Crippen LogP contribution in [-0.2, 0) is 20.2 Å². The van der Waals surface area contributed by atoms with Gasteiger partial charge in [-0.15, -0.1) is 11.6 Å². The highest BCUT2D eigenvalue weighted by molar-refractivity contribution is 7.90. The molecule has 0 saturated carbocycles. The SMILES string of the molecule is O=S(=O)(O)CC(CCl)S(=O)(=O)O. The molecule has 0 saturated heterocycles. The average molecular weight is 239 g/mol. The molecule has 0 aliphatic rings. The Morgan fingerprint density at radius 3 is 1.67 bits per heavy atom. The van der Waals surface area contributed by atoms with Crippen LogP contribution in [0, 0.1) is 0 Å². The summed E-state index contributed by atoms with van der Waals surface area (Å²) in [6, 6.07) is 0. The zero-order valence-electron chi connectivity index (χ0n) is 5.71. The fraction of sp³-hybridized carbons (Fsp3) is 1.00. The Morgan fingerprint density at radius 1 is 1.17 bits per heavy atom. The summed E-state index contributed by atoms with van der Waals surface area (Å²) >= 11 is 5.04. The van der Waals surface area contributed by atoms with Crippen molar-refractivity contribution in [3.8, 4) is 0 Å². The van der Waals surface area contributed by atoms with Crippen molar-refractivity contribution in [3.63, 3.8) is 0 Å². The van der Waals surface area contributed by atoms with E-state index in [4.69, 9.17) is 20.7 Å². The van der Waals surface area contributed by atoms with Gasteiger partial charge in [-0.3, -0.25) is 9.11 Å². The first kappa shape index (κ1) is 12.1. The standard InChI is InChI=1S/C3H7ClO6S2/c4-1-3(12(8,9)10)2-11(5,6)7/h3H,1-2H2,(H,5,6,7)(H,8,9,10). The Balaban J connectivity index is 4.64. The maximum Gasteiger partial charge on any atom is 0.270 e. The van der Waals surface area contributed by atoms with Gasteiger partial charge in [0.25, 0.3) is 20.2 Å². The van der Waals surface area contributed by atoms with Crippen LogP contribution in [-0.4, -0.2) is 42.8 Å². The van der Waals surface area contributed by atoms with Gasteiger partial charge in [-0.05, 0) is 0 Å². The van der Waals surface area contributed by atoms with E-state index in [9.17, 15) is 16.8 Å². The van der Waals surface area contributed by atoms with Crippen molar-refractivity contribution >= 4 is 31.8 Å². The van der Waals surface area contributed by atoms with Crippen molar-refractivity contribution in [1.82, 2.24) is 0 Å². The fourth-order valence-electron chi connectivity index (χ4n) is 0.445. The summed E-state index contributed by atoms with van der Waals surface area (Å²) in [6.07, 6.45) is 0. The number of rotatable bonds is 4. The molecule has 0 fully saturated rings. The van der Waals surface area contributed by atoms with Crippen LogP contribution in [0.2, 0.25) is 0 Å². The molecule has 0 aromatic carbocycles. The summed E-state index contributed by atoms with van der Waals surface area (Å²) in [4.78, 5) is 0. The summed E-state index contributed by atoms with van der Waals surface area (Å²) in [5.74, 6) is -1.70. The molecule has 6 nitrogen and oxygen atoms in total. The van der Waals surface area contributed by atoms with E-state index < -0.39 is 37.1 Å². The molecule has 2 N–H and O–H groups in total. The monoisotopic (exact) mass is 238 g/mol. The van der Waals surface area contributed by atoms with Gasteiger partial charge in [-0.2, -0.15) is 16.8 Å². The van der Waals surface area contributed by atoms with Gasteiger partial charge in [0.15, 0.2) is 0 Å². The normalized spacial score (nSPS) is 15.9. The molecule has 0 aromatic rings. The van der Waals surface area contributed by atoms with Crippen molar-refractivity contribution in [2.45, 2.75) is 5.25 Å². The first-order valence-electron chi connectivity index (χ1n) is 2.64. The van der Waals surface area contributed by atoms with Crippen LogP contribution in [0.25, 0.3) is 0 Å². The zero-order chi connectivity index (χ0) is 9.99. The van der Waals surface area contributed by atoms with Gasteiger partial charge in [0.05, 0.1) is 5.75 Å². The molecule has 0 rings (SSSR count). The minimum Gasteiger partial charge on any atom is -0.286 e. The molecular weight excluding hydrogens is 232 g/mol. The van der Waals surface area contributed by atoms with Gasteiger partial charge >= 0.3 is 0 Å². The Morgan fingerprint density at radius 2 is 1.58 bits per heavy atom. The fourth-order valence-corrected chi connectivity index (χ4v) is 3.11. The first-order valence-corrected chi connectivity index (χ1v) is 6.29. The first-order chi connectivity index (χ1) is 5.17. The highest BCUT2D eigenvalue weighted by Crippen LogP contribution is 2.04. The Hall–Kier alpha value is 0.110. The Labute approximate surface area is 75.0 Å². The molecule has 9 heteroatoms. The summed E-state index contributed by atoms with van der Waals surface area (Å²) in [6.45, 7) is 0. The molecule has 0 bridgehead atoms. The smallest absolute Gasteiger partial charge is 0.270 e. The van der Waals surface area contributed by atoms with Crippen LogP contribution in [0.15, 0.2) is 0 Å². The van der Waals surface area contributed by atoms with Crippen LogP contribution in [0.1, 0.15) is 0 Å². The minimum absolute atomic E-state index is 0.599. The van der Waals surface area contributed by atoms with Crippen LogP contribution >= 0.6 is 11.6 Å². The topological polar surface area (TPSA) is 109 Å². The maximum atomic E-state index is 10.3. The molecule has 0 amide bonds. The van der Waals surface area contributed by atoms with Crippen molar-refractivity contribution in [2.24, 2.45) is 0 Å². The van der Waals surface area contributed by atoms with Crippen molar-refractivity contribution in [3.05, 3.63) is 0 Å². The van der Waals surface area contributed by atoms with E-state index in [1.54, 1.807) is 0 Å². The van der Waals surface area contributed by atoms with Gasteiger partial charge in [-0.25, -0.2) is 0 Å². The van der Waals surface area contributed by atoms with E-state index in [0.29, 0.717) is 0 Å². The second-order valence-electron chi connectivity index (χ2n) is 2.04. The van der Waals surface area contributed by atoms with E-state index in [2.05, 4.69) is 0 Å².